The van der Waals surface area contributed by atoms with Crippen LogP contribution in [0.1, 0.15) is 25.7 Å². The molecule has 0 aliphatic carbocycles. The summed E-state index contributed by atoms with van der Waals surface area (Å²) in [6.07, 6.45) is -0.306. The molecule has 0 N–H and O–H groups in total. The molecule has 0 saturated carbocycles. The smallest absolute Gasteiger partial charge is 0.184 e. The molecule has 0 heterocycles. The zero-order chi connectivity index (χ0) is 13.0. The van der Waals surface area contributed by atoms with Crippen LogP contribution in [0.15, 0.2) is 40.9 Å². The van der Waals surface area contributed by atoms with Crippen molar-refractivity contribution >= 4 is 26.7 Å². The largest absolute Gasteiger partial charge is 0.349 e. The highest BCUT2D eigenvalue weighted by Crippen LogP contribution is 2.33. The zero-order valence-electron chi connectivity index (χ0n) is 10.7. The molecular weight excluding hydrogens is 292 g/mol. The van der Waals surface area contributed by atoms with Gasteiger partial charge in [-0.25, -0.2) is 0 Å². The number of hydrogen-bond donors (Lipinski definition) is 0. The van der Waals surface area contributed by atoms with E-state index in [-0.39, 0.29) is 6.29 Å². The first-order valence-corrected chi connectivity index (χ1v) is 6.97. The Morgan fingerprint density at radius 1 is 1.00 bits per heavy atom. The van der Waals surface area contributed by atoms with Crippen molar-refractivity contribution in [3.05, 3.63) is 46.4 Å². The Morgan fingerprint density at radius 2 is 1.67 bits per heavy atom. The van der Waals surface area contributed by atoms with Crippen LogP contribution in [-0.2, 0) is 9.47 Å². The maximum absolute atomic E-state index is 5.65. The average molecular weight is 309 g/mol. The summed E-state index contributed by atoms with van der Waals surface area (Å²) in [5, 5.41) is 2.39. The summed E-state index contributed by atoms with van der Waals surface area (Å²) in [6, 6.07) is 12.4. The van der Waals surface area contributed by atoms with E-state index < -0.39 is 0 Å². The van der Waals surface area contributed by atoms with Gasteiger partial charge in [-0.2, -0.15) is 0 Å². The Balaban J connectivity index is 2.46. The summed E-state index contributed by atoms with van der Waals surface area (Å²) in [6.45, 7) is 5.20. The number of benzene rings is 2. The fourth-order valence-corrected chi connectivity index (χ4v) is 2.64. The minimum Gasteiger partial charge on any atom is -0.349 e. The van der Waals surface area contributed by atoms with Crippen LogP contribution in [0.2, 0.25) is 0 Å². The fourth-order valence-electron chi connectivity index (χ4n) is 1.96. The van der Waals surface area contributed by atoms with Crippen molar-refractivity contribution in [3.63, 3.8) is 0 Å². The van der Waals surface area contributed by atoms with Crippen molar-refractivity contribution < 1.29 is 9.47 Å². The summed E-state index contributed by atoms with van der Waals surface area (Å²) in [4.78, 5) is 0. The van der Waals surface area contributed by atoms with Crippen LogP contribution in [0, 0.1) is 0 Å². The molecule has 0 amide bonds. The third-order valence-electron chi connectivity index (χ3n) is 2.78. The normalized spacial score (nSPS) is 11.3. The van der Waals surface area contributed by atoms with E-state index in [4.69, 9.17) is 9.47 Å². The van der Waals surface area contributed by atoms with Gasteiger partial charge in [-0.3, -0.25) is 0 Å². The van der Waals surface area contributed by atoms with E-state index in [0.29, 0.717) is 13.2 Å². The molecule has 0 fully saturated rings. The first-order chi connectivity index (χ1) is 8.77. The molecule has 2 aromatic carbocycles. The number of fused-ring (bicyclic) bond motifs is 1. The van der Waals surface area contributed by atoms with Crippen LogP contribution < -0.4 is 0 Å². The topological polar surface area (TPSA) is 18.5 Å². The van der Waals surface area contributed by atoms with Crippen molar-refractivity contribution in [1.82, 2.24) is 0 Å². The molecule has 0 saturated heterocycles. The lowest BCUT2D eigenvalue weighted by molar-refractivity contribution is -0.140. The third-order valence-corrected chi connectivity index (χ3v) is 3.67. The van der Waals surface area contributed by atoms with Gasteiger partial charge >= 0.3 is 0 Å². The monoisotopic (exact) mass is 308 g/mol. The molecule has 0 unspecified atom stereocenters. The van der Waals surface area contributed by atoms with E-state index in [9.17, 15) is 0 Å². The summed E-state index contributed by atoms with van der Waals surface area (Å²) >= 11 is 3.66. The van der Waals surface area contributed by atoms with Crippen molar-refractivity contribution in [2.45, 2.75) is 20.1 Å². The predicted molar refractivity (Wildman–Crippen MR) is 77.6 cm³/mol. The summed E-state index contributed by atoms with van der Waals surface area (Å²) < 4.78 is 12.3. The van der Waals surface area contributed by atoms with Gasteiger partial charge in [-0.15, -0.1) is 0 Å². The number of halogens is 1. The minimum absolute atomic E-state index is 0.306. The molecule has 0 radical (unpaired) electrons. The maximum atomic E-state index is 5.65. The number of ether oxygens (including phenoxy) is 2. The van der Waals surface area contributed by atoms with Gasteiger partial charge < -0.3 is 9.47 Å². The second-order valence-electron chi connectivity index (χ2n) is 3.93. The quantitative estimate of drug-likeness (QED) is 0.747. The molecule has 0 bridgehead atoms. The molecule has 3 heteroatoms. The van der Waals surface area contributed by atoms with Gasteiger partial charge in [-0.1, -0.05) is 36.4 Å². The van der Waals surface area contributed by atoms with Gasteiger partial charge in [-0.05, 0) is 40.5 Å². The fraction of sp³-hybridized carbons (Fsp3) is 0.333. The second-order valence-corrected chi connectivity index (χ2v) is 4.73. The zero-order valence-corrected chi connectivity index (χ0v) is 12.2. The lowest BCUT2D eigenvalue weighted by Crippen LogP contribution is -2.09. The van der Waals surface area contributed by atoms with Gasteiger partial charge in [0.05, 0.1) is 0 Å². The highest BCUT2D eigenvalue weighted by Gasteiger charge is 2.16. The van der Waals surface area contributed by atoms with Crippen molar-refractivity contribution in [2.75, 3.05) is 13.2 Å². The summed E-state index contributed by atoms with van der Waals surface area (Å²) in [7, 11) is 0. The van der Waals surface area contributed by atoms with Crippen LogP contribution in [0.25, 0.3) is 10.8 Å². The molecular formula is C15H17BrO2. The van der Waals surface area contributed by atoms with E-state index in [2.05, 4.69) is 40.2 Å². The standard InChI is InChI=1S/C15H17BrO2/c1-3-17-15(18-4-2)13-10-9-11-7-5-6-8-12(11)14(13)16/h5-10,15H,3-4H2,1-2H3. The number of hydrogen-bond acceptors (Lipinski definition) is 2. The lowest BCUT2D eigenvalue weighted by atomic mass is 10.1. The van der Waals surface area contributed by atoms with E-state index in [1.165, 1.54) is 10.8 Å². The van der Waals surface area contributed by atoms with Crippen LogP contribution in [-0.4, -0.2) is 13.2 Å². The SMILES string of the molecule is CCOC(OCC)c1ccc2ccccc2c1Br. The van der Waals surface area contributed by atoms with E-state index >= 15 is 0 Å². The Kier molecular flexibility index (Phi) is 4.75. The molecule has 96 valence electrons. The first kappa shape index (κ1) is 13.5. The van der Waals surface area contributed by atoms with Crippen molar-refractivity contribution in [1.29, 1.82) is 0 Å². The molecule has 2 aromatic rings. The minimum atomic E-state index is -0.306. The molecule has 0 atom stereocenters. The predicted octanol–water partition coefficient (Wildman–Crippen LogP) is 4.67. The molecule has 0 spiro atoms. The van der Waals surface area contributed by atoms with Gasteiger partial charge in [0.15, 0.2) is 6.29 Å². The highest BCUT2D eigenvalue weighted by atomic mass is 79.9. The van der Waals surface area contributed by atoms with Gasteiger partial charge in [0.1, 0.15) is 0 Å². The van der Waals surface area contributed by atoms with Crippen LogP contribution in [0.4, 0.5) is 0 Å². The molecule has 2 rings (SSSR count). The summed E-state index contributed by atoms with van der Waals surface area (Å²) in [5.41, 5.74) is 1.04. The average Bonchev–Trinajstić information content (AvgIpc) is 2.39. The summed E-state index contributed by atoms with van der Waals surface area (Å²) in [5.74, 6) is 0. The van der Waals surface area contributed by atoms with Gasteiger partial charge in [0.2, 0.25) is 0 Å². The van der Waals surface area contributed by atoms with Crippen LogP contribution in [0.3, 0.4) is 0 Å². The third kappa shape index (κ3) is 2.74. The Morgan fingerprint density at radius 3 is 2.33 bits per heavy atom. The molecule has 2 nitrogen and oxygen atoms in total. The molecule has 0 aromatic heterocycles. The van der Waals surface area contributed by atoms with E-state index in [1.807, 2.05) is 26.0 Å². The van der Waals surface area contributed by atoms with Crippen molar-refractivity contribution in [3.8, 4) is 0 Å². The first-order valence-electron chi connectivity index (χ1n) is 6.18. The highest BCUT2D eigenvalue weighted by molar-refractivity contribution is 9.10. The maximum Gasteiger partial charge on any atom is 0.184 e. The van der Waals surface area contributed by atoms with Crippen LogP contribution in [0.5, 0.6) is 0 Å². The van der Waals surface area contributed by atoms with Crippen LogP contribution >= 0.6 is 15.9 Å². The molecule has 18 heavy (non-hydrogen) atoms. The van der Waals surface area contributed by atoms with E-state index in [0.717, 1.165) is 10.0 Å². The Hall–Kier alpha value is -0.900. The second kappa shape index (κ2) is 6.32. The lowest BCUT2D eigenvalue weighted by Gasteiger charge is -2.19. The van der Waals surface area contributed by atoms with E-state index in [1.54, 1.807) is 0 Å². The van der Waals surface area contributed by atoms with Crippen molar-refractivity contribution in [2.24, 2.45) is 0 Å². The Bertz CT molecular complexity index is 519. The van der Waals surface area contributed by atoms with Gasteiger partial charge in [0, 0.05) is 23.2 Å². The number of rotatable bonds is 5. The molecule has 0 aliphatic rings. The Labute approximate surface area is 116 Å². The molecule has 0 aliphatic heterocycles. The van der Waals surface area contributed by atoms with Gasteiger partial charge in [0.25, 0.3) is 0 Å².